The second kappa shape index (κ2) is 9.74. The number of halogens is 1. The molecule has 1 aliphatic heterocycles. The zero-order chi connectivity index (χ0) is 22.4. The molecule has 31 heavy (non-hydrogen) atoms. The molecule has 1 fully saturated rings. The van der Waals surface area contributed by atoms with Gasteiger partial charge in [-0.15, -0.1) is 0 Å². The lowest BCUT2D eigenvalue weighted by atomic mass is 9.96. The largest absolute Gasteiger partial charge is 0.348 e. The number of rotatable bonds is 5. The number of pyridine rings is 1. The smallest absolute Gasteiger partial charge is 0.313 e. The first-order chi connectivity index (χ1) is 14.8. The molecule has 10 nitrogen and oxygen atoms in total. The van der Waals surface area contributed by atoms with E-state index in [1.165, 1.54) is 6.20 Å². The summed E-state index contributed by atoms with van der Waals surface area (Å²) in [5.74, 6) is -2.95. The molecule has 2 aromatic rings. The molecule has 0 bridgehead atoms. The van der Waals surface area contributed by atoms with Gasteiger partial charge >= 0.3 is 17.5 Å². The molecule has 1 aromatic carbocycles. The summed E-state index contributed by atoms with van der Waals surface area (Å²) < 4.78 is 13.4. The molecule has 1 aromatic heterocycles. The van der Waals surface area contributed by atoms with Crippen molar-refractivity contribution in [3.05, 3.63) is 64.2 Å². The Hall–Kier alpha value is -3.89. The Labute approximate surface area is 176 Å². The van der Waals surface area contributed by atoms with Gasteiger partial charge in [0.15, 0.2) is 0 Å². The average molecular weight is 429 g/mol. The van der Waals surface area contributed by atoms with Crippen LogP contribution in [0.5, 0.6) is 0 Å². The normalized spacial score (nSPS) is 14.0. The maximum Gasteiger partial charge on any atom is 0.313 e. The van der Waals surface area contributed by atoms with Crippen molar-refractivity contribution < 1.29 is 23.7 Å². The second-order valence-electron chi connectivity index (χ2n) is 7.06. The van der Waals surface area contributed by atoms with E-state index in [0.29, 0.717) is 31.5 Å². The lowest BCUT2D eigenvalue weighted by Crippen LogP contribution is -2.43. The van der Waals surface area contributed by atoms with Gasteiger partial charge in [-0.05, 0) is 43.0 Å². The monoisotopic (exact) mass is 429 g/mol. The molecule has 11 heteroatoms. The fourth-order valence-electron chi connectivity index (χ4n) is 3.25. The van der Waals surface area contributed by atoms with Gasteiger partial charge in [0.25, 0.3) is 5.91 Å². The zero-order valence-corrected chi connectivity index (χ0v) is 16.4. The molecule has 0 aliphatic carbocycles. The number of nitro groups is 1. The van der Waals surface area contributed by atoms with Gasteiger partial charge in [0.2, 0.25) is 5.82 Å². The number of amides is 3. The van der Waals surface area contributed by atoms with Crippen molar-refractivity contribution in [3.63, 3.8) is 0 Å². The minimum absolute atomic E-state index is 0.0597. The number of likely N-dealkylation sites (tertiary alicyclic amines) is 1. The van der Waals surface area contributed by atoms with Crippen molar-refractivity contribution in [2.24, 2.45) is 5.92 Å². The van der Waals surface area contributed by atoms with Crippen LogP contribution in [0.4, 0.5) is 15.8 Å². The summed E-state index contributed by atoms with van der Waals surface area (Å²) in [6, 6.07) is 6.21. The van der Waals surface area contributed by atoms with Crippen LogP contribution in [0.3, 0.4) is 0 Å². The third-order valence-electron chi connectivity index (χ3n) is 4.97. The molecular weight excluding hydrogens is 409 g/mol. The Morgan fingerprint density at radius 1 is 1.19 bits per heavy atom. The van der Waals surface area contributed by atoms with E-state index in [2.05, 4.69) is 15.6 Å². The number of piperidine rings is 1. The van der Waals surface area contributed by atoms with Crippen LogP contribution in [-0.4, -0.2) is 52.2 Å². The predicted molar refractivity (Wildman–Crippen MR) is 108 cm³/mol. The summed E-state index contributed by atoms with van der Waals surface area (Å²) in [5, 5.41) is 15.5. The van der Waals surface area contributed by atoms with Crippen molar-refractivity contribution in [2.45, 2.75) is 12.8 Å². The number of carbonyl (C=O) groups excluding carboxylic acids is 3. The van der Waals surface area contributed by atoms with Gasteiger partial charge in [-0.3, -0.25) is 29.5 Å². The van der Waals surface area contributed by atoms with Gasteiger partial charge in [-0.2, -0.15) is 4.39 Å². The van der Waals surface area contributed by atoms with Crippen LogP contribution in [0.15, 0.2) is 42.7 Å². The Morgan fingerprint density at radius 3 is 2.58 bits per heavy atom. The highest BCUT2D eigenvalue weighted by Crippen LogP contribution is 2.22. The zero-order valence-electron chi connectivity index (χ0n) is 16.4. The molecule has 3 amide bonds. The van der Waals surface area contributed by atoms with Crippen molar-refractivity contribution >= 4 is 29.1 Å². The topological polar surface area (TPSA) is 135 Å². The van der Waals surface area contributed by atoms with Crippen molar-refractivity contribution in [1.29, 1.82) is 0 Å². The first kappa shape index (κ1) is 21.8. The van der Waals surface area contributed by atoms with Crippen LogP contribution in [0.2, 0.25) is 0 Å². The molecular formula is C20H20FN5O5. The van der Waals surface area contributed by atoms with Crippen molar-refractivity contribution in [3.8, 4) is 0 Å². The third-order valence-corrected chi connectivity index (χ3v) is 4.97. The summed E-state index contributed by atoms with van der Waals surface area (Å²) in [4.78, 5) is 52.0. The first-order valence-electron chi connectivity index (χ1n) is 9.57. The lowest BCUT2D eigenvalue weighted by Gasteiger charge is -2.32. The molecule has 1 saturated heterocycles. The molecule has 162 valence electrons. The molecule has 0 unspecified atom stereocenters. The summed E-state index contributed by atoms with van der Waals surface area (Å²) in [5.41, 5.74) is -0.340. The first-order valence-corrected chi connectivity index (χ1v) is 9.57. The van der Waals surface area contributed by atoms with Crippen molar-refractivity contribution in [1.82, 2.24) is 15.2 Å². The van der Waals surface area contributed by atoms with Gasteiger partial charge in [0, 0.05) is 43.8 Å². The van der Waals surface area contributed by atoms with E-state index in [-0.39, 0.29) is 24.1 Å². The highest BCUT2D eigenvalue weighted by molar-refractivity contribution is 6.39. The highest BCUT2D eigenvalue weighted by atomic mass is 19.1. The predicted octanol–water partition coefficient (Wildman–Crippen LogP) is 1.74. The third kappa shape index (κ3) is 5.59. The Morgan fingerprint density at radius 2 is 1.94 bits per heavy atom. The maximum atomic E-state index is 13.4. The number of hydrogen-bond acceptors (Lipinski definition) is 6. The van der Waals surface area contributed by atoms with Gasteiger partial charge in [0.1, 0.15) is 0 Å². The molecule has 2 N–H and O–H groups in total. The molecule has 3 rings (SSSR count). The Bertz CT molecular complexity index is 993. The fraction of sp³-hybridized carbons (Fsp3) is 0.300. The quantitative estimate of drug-likeness (QED) is 0.422. The van der Waals surface area contributed by atoms with E-state index in [1.807, 2.05) is 0 Å². The molecule has 1 aliphatic rings. The van der Waals surface area contributed by atoms with Crippen LogP contribution in [0, 0.1) is 21.8 Å². The van der Waals surface area contributed by atoms with Gasteiger partial charge in [-0.1, -0.05) is 0 Å². The lowest BCUT2D eigenvalue weighted by molar-refractivity contribution is -0.387. The summed E-state index contributed by atoms with van der Waals surface area (Å²) >= 11 is 0. The Kier molecular flexibility index (Phi) is 6.85. The number of anilines is 1. The molecule has 0 spiro atoms. The van der Waals surface area contributed by atoms with E-state index < -0.39 is 28.2 Å². The number of nitrogens with one attached hydrogen (secondary N) is 2. The number of carbonyl (C=O) groups is 3. The van der Waals surface area contributed by atoms with Gasteiger partial charge in [-0.25, -0.2) is 0 Å². The van der Waals surface area contributed by atoms with E-state index in [9.17, 15) is 28.9 Å². The van der Waals surface area contributed by atoms with Crippen molar-refractivity contribution in [2.75, 3.05) is 25.0 Å². The number of benzene rings is 1. The van der Waals surface area contributed by atoms with Crippen LogP contribution < -0.4 is 10.6 Å². The van der Waals surface area contributed by atoms with Crippen LogP contribution in [0.1, 0.15) is 23.2 Å². The minimum Gasteiger partial charge on any atom is -0.348 e. The molecule has 0 radical (unpaired) electrons. The van der Waals surface area contributed by atoms with E-state index in [4.69, 9.17) is 0 Å². The summed E-state index contributed by atoms with van der Waals surface area (Å²) in [6.07, 6.45) is 4.44. The van der Waals surface area contributed by atoms with Crippen LogP contribution >= 0.6 is 0 Å². The maximum absolute atomic E-state index is 13.4. The minimum atomic E-state index is -1.04. The second-order valence-corrected chi connectivity index (χ2v) is 7.06. The standard InChI is InChI=1S/C20H20FN5O5/c21-16-4-3-15(10-17(16)26(30)31)24-19(28)18(27)23-11-13-5-8-25(9-6-13)20(29)14-2-1-7-22-12-14/h1-4,7,10,12-13H,5-6,8-9,11H2,(H,23,27)(H,24,28). The van der Waals surface area contributed by atoms with E-state index >= 15 is 0 Å². The molecule has 2 heterocycles. The number of aromatic nitrogens is 1. The van der Waals surface area contributed by atoms with Crippen LogP contribution in [-0.2, 0) is 9.59 Å². The van der Waals surface area contributed by atoms with Gasteiger partial charge < -0.3 is 15.5 Å². The average Bonchev–Trinajstić information content (AvgIpc) is 2.79. The van der Waals surface area contributed by atoms with Crippen LogP contribution in [0.25, 0.3) is 0 Å². The fourth-order valence-corrected chi connectivity index (χ4v) is 3.25. The molecule has 0 atom stereocenters. The number of hydrogen-bond donors (Lipinski definition) is 2. The molecule has 0 saturated carbocycles. The SMILES string of the molecule is O=C(NCC1CCN(C(=O)c2cccnc2)CC1)C(=O)Nc1ccc(F)c([N+](=O)[O-])c1. The summed E-state index contributed by atoms with van der Waals surface area (Å²) in [6.45, 7) is 1.31. The Balaban J connectivity index is 1.45. The summed E-state index contributed by atoms with van der Waals surface area (Å²) in [7, 11) is 0. The number of nitrogens with zero attached hydrogens (tertiary/aromatic N) is 3. The van der Waals surface area contributed by atoms with E-state index in [1.54, 1.807) is 23.2 Å². The highest BCUT2D eigenvalue weighted by Gasteiger charge is 2.25. The number of nitro benzene ring substituents is 1. The van der Waals surface area contributed by atoms with Gasteiger partial charge in [0.05, 0.1) is 10.5 Å². The van der Waals surface area contributed by atoms with E-state index in [0.717, 1.165) is 18.2 Å².